The molecule has 0 radical (unpaired) electrons. The van der Waals surface area contributed by atoms with Gasteiger partial charge in [0.25, 0.3) is 0 Å². The average molecular weight is 380 g/mol. The number of carbonyl (C=O) groups excluding carboxylic acids is 2. The number of amides is 2. The molecule has 1 heterocycles. The number of carbonyl (C=O) groups is 2. The lowest BCUT2D eigenvalue weighted by Crippen LogP contribution is -2.36. The lowest BCUT2D eigenvalue weighted by Gasteiger charge is -2.25. The molecule has 3 unspecified atom stereocenters. The van der Waals surface area contributed by atoms with Gasteiger partial charge in [-0.15, -0.1) is 0 Å². The van der Waals surface area contributed by atoms with Crippen molar-refractivity contribution in [2.45, 2.75) is 38.3 Å². The molecule has 5 heteroatoms. The van der Waals surface area contributed by atoms with Crippen LogP contribution >= 0.6 is 0 Å². The van der Waals surface area contributed by atoms with E-state index in [0.29, 0.717) is 12.5 Å². The summed E-state index contributed by atoms with van der Waals surface area (Å²) in [4.78, 5) is 27.3. The van der Waals surface area contributed by atoms with Gasteiger partial charge in [0, 0.05) is 13.0 Å². The first kappa shape index (κ1) is 18.7. The molecular formula is C23H25FN2O2. The highest BCUT2D eigenvalue weighted by atomic mass is 19.1. The van der Waals surface area contributed by atoms with Crippen LogP contribution in [0.25, 0.3) is 0 Å². The maximum Gasteiger partial charge on any atom is 0.225 e. The molecule has 0 bridgehead atoms. The van der Waals surface area contributed by atoms with Crippen molar-refractivity contribution in [3.8, 4) is 0 Å². The SMILES string of the molecule is CC(c1ccccc1)N1CC(C(=O)NC(c2ccc(F)cc2)C2CC2)CC1=O. The minimum absolute atomic E-state index is 0.0151. The highest BCUT2D eigenvalue weighted by molar-refractivity contribution is 5.89. The Labute approximate surface area is 164 Å². The Balaban J connectivity index is 1.43. The van der Waals surface area contributed by atoms with E-state index in [1.54, 1.807) is 17.0 Å². The number of benzene rings is 2. The van der Waals surface area contributed by atoms with Crippen LogP contribution in [0.3, 0.4) is 0 Å². The topological polar surface area (TPSA) is 49.4 Å². The summed E-state index contributed by atoms with van der Waals surface area (Å²) < 4.78 is 13.2. The summed E-state index contributed by atoms with van der Waals surface area (Å²) in [5, 5.41) is 3.14. The predicted molar refractivity (Wildman–Crippen MR) is 105 cm³/mol. The highest BCUT2D eigenvalue weighted by Crippen LogP contribution is 2.41. The van der Waals surface area contributed by atoms with Crippen LogP contribution in [-0.4, -0.2) is 23.3 Å². The Morgan fingerprint density at radius 3 is 2.39 bits per heavy atom. The summed E-state index contributed by atoms with van der Waals surface area (Å²) in [6.07, 6.45) is 2.36. The minimum Gasteiger partial charge on any atom is -0.349 e. The second-order valence-corrected chi connectivity index (χ2v) is 7.91. The van der Waals surface area contributed by atoms with E-state index in [4.69, 9.17) is 0 Å². The second-order valence-electron chi connectivity index (χ2n) is 7.91. The van der Waals surface area contributed by atoms with Crippen molar-refractivity contribution in [2.24, 2.45) is 11.8 Å². The van der Waals surface area contributed by atoms with Crippen LogP contribution in [0, 0.1) is 17.7 Å². The molecule has 0 spiro atoms. The van der Waals surface area contributed by atoms with Crippen LogP contribution in [0.5, 0.6) is 0 Å². The molecule has 4 rings (SSSR count). The fourth-order valence-corrected chi connectivity index (χ4v) is 4.04. The smallest absolute Gasteiger partial charge is 0.225 e. The van der Waals surface area contributed by atoms with Gasteiger partial charge in [0.2, 0.25) is 11.8 Å². The zero-order valence-corrected chi connectivity index (χ0v) is 16.0. The van der Waals surface area contributed by atoms with Gasteiger partial charge in [-0.2, -0.15) is 0 Å². The summed E-state index contributed by atoms with van der Waals surface area (Å²) in [7, 11) is 0. The Bertz CT molecular complexity index is 849. The molecular weight excluding hydrogens is 355 g/mol. The normalized spacial score (nSPS) is 21.4. The first-order valence-electron chi connectivity index (χ1n) is 9.93. The number of rotatable bonds is 6. The molecule has 2 fully saturated rings. The van der Waals surface area contributed by atoms with E-state index < -0.39 is 0 Å². The quantitative estimate of drug-likeness (QED) is 0.823. The molecule has 0 aromatic heterocycles. The van der Waals surface area contributed by atoms with Gasteiger partial charge in [0.1, 0.15) is 5.82 Å². The second kappa shape index (κ2) is 7.74. The summed E-state index contributed by atoms with van der Waals surface area (Å²) in [5.41, 5.74) is 2.00. The predicted octanol–water partition coefficient (Wildman–Crippen LogP) is 4.00. The highest BCUT2D eigenvalue weighted by Gasteiger charge is 2.40. The van der Waals surface area contributed by atoms with Crippen LogP contribution in [0.4, 0.5) is 4.39 Å². The van der Waals surface area contributed by atoms with Gasteiger partial charge in [-0.3, -0.25) is 9.59 Å². The molecule has 1 aliphatic heterocycles. The number of hydrogen-bond acceptors (Lipinski definition) is 2. The first-order valence-corrected chi connectivity index (χ1v) is 9.93. The Morgan fingerprint density at radius 2 is 1.75 bits per heavy atom. The van der Waals surface area contributed by atoms with Gasteiger partial charge >= 0.3 is 0 Å². The Kier molecular flexibility index (Phi) is 5.16. The van der Waals surface area contributed by atoms with E-state index in [-0.39, 0.29) is 42.1 Å². The largest absolute Gasteiger partial charge is 0.349 e. The van der Waals surface area contributed by atoms with Crippen LogP contribution < -0.4 is 5.32 Å². The first-order chi connectivity index (χ1) is 13.5. The van der Waals surface area contributed by atoms with Gasteiger partial charge < -0.3 is 10.2 Å². The number of nitrogens with one attached hydrogen (secondary N) is 1. The number of likely N-dealkylation sites (tertiary alicyclic amines) is 1. The van der Waals surface area contributed by atoms with Crippen molar-refractivity contribution in [1.82, 2.24) is 10.2 Å². The Morgan fingerprint density at radius 1 is 1.07 bits per heavy atom. The molecule has 2 amide bonds. The van der Waals surface area contributed by atoms with Crippen LogP contribution in [0.2, 0.25) is 0 Å². The van der Waals surface area contributed by atoms with Crippen molar-refractivity contribution in [3.05, 3.63) is 71.5 Å². The third kappa shape index (κ3) is 3.93. The molecule has 1 saturated carbocycles. The number of hydrogen-bond donors (Lipinski definition) is 1. The van der Waals surface area contributed by atoms with Crippen LogP contribution in [-0.2, 0) is 9.59 Å². The lowest BCUT2D eigenvalue weighted by molar-refractivity contribution is -0.130. The minimum atomic E-state index is -0.347. The maximum absolute atomic E-state index is 13.2. The molecule has 1 saturated heterocycles. The molecule has 2 aromatic rings. The molecule has 2 aliphatic rings. The van der Waals surface area contributed by atoms with Crippen molar-refractivity contribution in [2.75, 3.05) is 6.54 Å². The summed E-state index contributed by atoms with van der Waals surface area (Å²) >= 11 is 0. The van der Waals surface area contributed by atoms with Crippen molar-refractivity contribution in [3.63, 3.8) is 0 Å². The zero-order chi connectivity index (χ0) is 19.7. The Hall–Kier alpha value is -2.69. The molecule has 4 nitrogen and oxygen atoms in total. The maximum atomic E-state index is 13.2. The van der Waals surface area contributed by atoms with Gasteiger partial charge in [-0.05, 0) is 48.9 Å². The molecule has 1 aliphatic carbocycles. The van der Waals surface area contributed by atoms with E-state index in [9.17, 15) is 14.0 Å². The van der Waals surface area contributed by atoms with E-state index in [1.165, 1.54) is 12.1 Å². The van der Waals surface area contributed by atoms with Crippen molar-refractivity contribution in [1.29, 1.82) is 0 Å². The molecule has 3 atom stereocenters. The van der Waals surface area contributed by atoms with E-state index in [1.807, 2.05) is 37.3 Å². The molecule has 2 aromatic carbocycles. The monoisotopic (exact) mass is 380 g/mol. The summed E-state index contributed by atoms with van der Waals surface area (Å²) in [6, 6.07) is 16.0. The fourth-order valence-electron chi connectivity index (χ4n) is 4.04. The third-order valence-electron chi connectivity index (χ3n) is 5.90. The molecule has 28 heavy (non-hydrogen) atoms. The third-order valence-corrected chi connectivity index (χ3v) is 5.90. The summed E-state index contributed by atoms with van der Waals surface area (Å²) in [5.74, 6) is -0.304. The van der Waals surface area contributed by atoms with Gasteiger partial charge in [0.05, 0.1) is 18.0 Å². The standard InChI is InChI=1S/C23H25FN2O2/c1-15(16-5-3-2-4-6-16)26-14-19(13-21(26)27)23(28)25-22(17-7-8-17)18-9-11-20(24)12-10-18/h2-6,9-12,15,17,19,22H,7-8,13-14H2,1H3,(H,25,28). The van der Waals surface area contributed by atoms with Gasteiger partial charge in [-0.25, -0.2) is 4.39 Å². The molecule has 1 N–H and O–H groups in total. The van der Waals surface area contributed by atoms with Crippen molar-refractivity contribution < 1.29 is 14.0 Å². The number of halogens is 1. The van der Waals surface area contributed by atoms with Crippen molar-refractivity contribution >= 4 is 11.8 Å². The number of nitrogens with zero attached hydrogens (tertiary/aromatic N) is 1. The van der Waals surface area contributed by atoms with Gasteiger partial charge in [-0.1, -0.05) is 42.5 Å². The fraction of sp³-hybridized carbons (Fsp3) is 0.391. The van der Waals surface area contributed by atoms with Crippen LogP contribution in [0.15, 0.2) is 54.6 Å². The van der Waals surface area contributed by atoms with E-state index in [2.05, 4.69) is 5.32 Å². The van der Waals surface area contributed by atoms with E-state index >= 15 is 0 Å². The van der Waals surface area contributed by atoms with E-state index in [0.717, 1.165) is 24.0 Å². The van der Waals surface area contributed by atoms with Crippen LogP contribution in [0.1, 0.15) is 49.4 Å². The van der Waals surface area contributed by atoms with Gasteiger partial charge in [0.15, 0.2) is 0 Å². The molecule has 146 valence electrons. The average Bonchev–Trinajstić information content (AvgIpc) is 3.48. The lowest BCUT2D eigenvalue weighted by atomic mass is 10.0. The summed E-state index contributed by atoms with van der Waals surface area (Å²) in [6.45, 7) is 2.43. The zero-order valence-electron chi connectivity index (χ0n) is 16.0.